The van der Waals surface area contributed by atoms with Crippen molar-refractivity contribution >= 4 is 0 Å². The molecule has 2 aliphatic heterocycles. The topological polar surface area (TPSA) is 50.4 Å². The number of hydrogen-bond acceptors (Lipinski definition) is 4. The van der Waals surface area contributed by atoms with Crippen LogP contribution < -0.4 is 0 Å². The van der Waals surface area contributed by atoms with E-state index in [1.54, 1.807) is 0 Å². The van der Waals surface area contributed by atoms with Crippen LogP contribution in [0.4, 0.5) is 0 Å². The lowest BCUT2D eigenvalue weighted by atomic mass is 9.80. The van der Waals surface area contributed by atoms with Gasteiger partial charge in [-0.05, 0) is 18.4 Å². The van der Waals surface area contributed by atoms with Gasteiger partial charge >= 0.3 is 0 Å². The van der Waals surface area contributed by atoms with E-state index in [1.807, 2.05) is 12.3 Å². The van der Waals surface area contributed by atoms with Gasteiger partial charge in [0, 0.05) is 43.8 Å². The summed E-state index contributed by atoms with van der Waals surface area (Å²) in [6, 6.07) is 10.4. The van der Waals surface area contributed by atoms with E-state index in [0.717, 1.165) is 64.6 Å². The van der Waals surface area contributed by atoms with E-state index in [0.29, 0.717) is 0 Å². The molecule has 2 aliphatic rings. The first kappa shape index (κ1) is 15.8. The highest BCUT2D eigenvalue weighted by Gasteiger charge is 2.36. The van der Waals surface area contributed by atoms with Gasteiger partial charge in [-0.25, -0.2) is 0 Å². The predicted octanol–water partition coefficient (Wildman–Crippen LogP) is 2.71. The molecule has 0 amide bonds. The van der Waals surface area contributed by atoms with Crippen molar-refractivity contribution in [1.29, 1.82) is 0 Å². The number of ether oxygens (including phenoxy) is 2. The first-order valence-corrected chi connectivity index (χ1v) is 8.80. The maximum atomic E-state index is 5.93. The van der Waals surface area contributed by atoms with Crippen molar-refractivity contribution in [3.05, 3.63) is 42.1 Å². The molecule has 5 nitrogen and oxygen atoms in total. The van der Waals surface area contributed by atoms with Crippen LogP contribution in [0.25, 0.3) is 11.3 Å². The zero-order valence-corrected chi connectivity index (χ0v) is 14.0. The molecule has 5 heteroatoms. The minimum atomic E-state index is 0.255. The van der Waals surface area contributed by atoms with Crippen LogP contribution in [-0.2, 0) is 16.0 Å². The van der Waals surface area contributed by atoms with Crippen LogP contribution >= 0.6 is 0 Å². The smallest absolute Gasteiger partial charge is 0.0695 e. The Bertz CT molecular complexity index is 650. The Hall–Kier alpha value is -1.69. The fraction of sp³-hybridized carbons (Fsp3) is 0.526. The summed E-state index contributed by atoms with van der Waals surface area (Å²) in [5.41, 5.74) is 3.83. The molecule has 0 bridgehead atoms. The largest absolute Gasteiger partial charge is 0.381 e. The summed E-state index contributed by atoms with van der Waals surface area (Å²) < 4.78 is 11.5. The second-order valence-corrected chi connectivity index (χ2v) is 7.01. The number of benzene rings is 1. The van der Waals surface area contributed by atoms with Crippen molar-refractivity contribution < 1.29 is 9.47 Å². The molecule has 24 heavy (non-hydrogen) atoms. The molecule has 128 valence electrons. The van der Waals surface area contributed by atoms with Gasteiger partial charge < -0.3 is 9.47 Å². The van der Waals surface area contributed by atoms with E-state index in [-0.39, 0.29) is 5.41 Å². The Labute approximate surface area is 143 Å². The summed E-state index contributed by atoms with van der Waals surface area (Å²) in [5.74, 6) is 0. The van der Waals surface area contributed by atoms with Crippen molar-refractivity contribution in [2.45, 2.75) is 19.4 Å². The van der Waals surface area contributed by atoms with Crippen LogP contribution in [0.2, 0.25) is 0 Å². The maximum Gasteiger partial charge on any atom is 0.0695 e. The molecule has 2 saturated heterocycles. The van der Waals surface area contributed by atoms with Crippen LogP contribution in [0.1, 0.15) is 18.4 Å². The quantitative estimate of drug-likeness (QED) is 0.942. The summed E-state index contributed by atoms with van der Waals surface area (Å²) in [6.45, 7) is 6.35. The monoisotopic (exact) mass is 327 g/mol. The SMILES string of the molecule is c1ccc(-c2[nH]ncc2CN2CCOCC3(CCOCC3)C2)cc1. The molecule has 0 aliphatic carbocycles. The Morgan fingerprint density at radius 2 is 1.92 bits per heavy atom. The second-order valence-electron chi connectivity index (χ2n) is 7.01. The summed E-state index contributed by atoms with van der Waals surface area (Å²) in [5, 5.41) is 7.46. The number of rotatable bonds is 3. The van der Waals surface area contributed by atoms with E-state index in [9.17, 15) is 0 Å². The van der Waals surface area contributed by atoms with Gasteiger partial charge in [0.05, 0.1) is 25.1 Å². The number of H-pyrrole nitrogens is 1. The lowest BCUT2D eigenvalue weighted by Crippen LogP contribution is -2.42. The molecule has 4 rings (SSSR count). The maximum absolute atomic E-state index is 5.93. The molecular weight excluding hydrogens is 302 g/mol. The third-order valence-electron chi connectivity index (χ3n) is 5.25. The van der Waals surface area contributed by atoms with Crippen LogP contribution in [0.3, 0.4) is 0 Å². The van der Waals surface area contributed by atoms with Crippen LogP contribution in [0.5, 0.6) is 0 Å². The van der Waals surface area contributed by atoms with Gasteiger partial charge in [0.25, 0.3) is 0 Å². The Kier molecular flexibility index (Phi) is 4.65. The molecule has 0 radical (unpaired) electrons. The lowest BCUT2D eigenvalue weighted by Gasteiger charge is -2.38. The molecule has 0 atom stereocenters. The molecule has 1 aromatic carbocycles. The van der Waals surface area contributed by atoms with Gasteiger partial charge in [-0.15, -0.1) is 0 Å². The highest BCUT2D eigenvalue weighted by atomic mass is 16.5. The van der Waals surface area contributed by atoms with Crippen LogP contribution in [0.15, 0.2) is 36.5 Å². The number of aromatic amines is 1. The molecule has 1 spiro atoms. The first-order valence-electron chi connectivity index (χ1n) is 8.80. The van der Waals surface area contributed by atoms with Gasteiger partial charge in [-0.1, -0.05) is 30.3 Å². The molecule has 1 N–H and O–H groups in total. The highest BCUT2D eigenvalue weighted by Crippen LogP contribution is 2.34. The zero-order valence-electron chi connectivity index (χ0n) is 14.0. The molecule has 1 aromatic heterocycles. The normalized spacial score (nSPS) is 21.7. The number of aromatic nitrogens is 2. The van der Waals surface area contributed by atoms with E-state index in [2.05, 4.69) is 39.4 Å². The Morgan fingerprint density at radius 3 is 2.75 bits per heavy atom. The van der Waals surface area contributed by atoms with Crippen molar-refractivity contribution in [2.24, 2.45) is 5.41 Å². The second kappa shape index (κ2) is 7.05. The molecular formula is C19H25N3O2. The van der Waals surface area contributed by atoms with Gasteiger partial charge in [0.2, 0.25) is 0 Å². The van der Waals surface area contributed by atoms with Crippen LogP contribution in [0, 0.1) is 5.41 Å². The Morgan fingerprint density at radius 1 is 1.08 bits per heavy atom. The standard InChI is InChI=1S/C19H25N3O2/c1-2-4-16(5-3-1)18-17(12-20-21-18)13-22-8-11-24-15-19(14-22)6-9-23-10-7-19/h1-5,12H,6-11,13-15H2,(H,20,21). The summed E-state index contributed by atoms with van der Waals surface area (Å²) in [7, 11) is 0. The van der Waals surface area contributed by atoms with E-state index >= 15 is 0 Å². The predicted molar refractivity (Wildman–Crippen MR) is 92.6 cm³/mol. The summed E-state index contributed by atoms with van der Waals surface area (Å²) >= 11 is 0. The summed E-state index contributed by atoms with van der Waals surface area (Å²) in [6.07, 6.45) is 4.16. The average molecular weight is 327 g/mol. The fourth-order valence-electron chi connectivity index (χ4n) is 3.85. The van der Waals surface area contributed by atoms with Gasteiger partial charge in [-0.2, -0.15) is 5.10 Å². The summed E-state index contributed by atoms with van der Waals surface area (Å²) in [4.78, 5) is 2.52. The minimum Gasteiger partial charge on any atom is -0.381 e. The highest BCUT2D eigenvalue weighted by molar-refractivity contribution is 5.62. The van der Waals surface area contributed by atoms with E-state index in [1.165, 1.54) is 11.1 Å². The van der Waals surface area contributed by atoms with Crippen LogP contribution in [-0.4, -0.2) is 54.6 Å². The lowest BCUT2D eigenvalue weighted by molar-refractivity contribution is -0.0320. The third kappa shape index (κ3) is 3.38. The molecule has 3 heterocycles. The van der Waals surface area contributed by atoms with Gasteiger partial charge in [-0.3, -0.25) is 10.00 Å². The number of nitrogens with one attached hydrogen (secondary N) is 1. The van der Waals surface area contributed by atoms with E-state index < -0.39 is 0 Å². The van der Waals surface area contributed by atoms with Crippen molar-refractivity contribution in [2.75, 3.05) is 39.5 Å². The number of nitrogens with zero attached hydrogens (tertiary/aromatic N) is 2. The van der Waals surface area contributed by atoms with Crippen molar-refractivity contribution in [3.63, 3.8) is 0 Å². The van der Waals surface area contributed by atoms with Crippen molar-refractivity contribution in [3.8, 4) is 11.3 Å². The third-order valence-corrected chi connectivity index (χ3v) is 5.25. The van der Waals surface area contributed by atoms with Gasteiger partial charge in [0.1, 0.15) is 0 Å². The average Bonchev–Trinajstić information content (AvgIpc) is 3.00. The molecule has 0 saturated carbocycles. The van der Waals surface area contributed by atoms with E-state index in [4.69, 9.17) is 9.47 Å². The van der Waals surface area contributed by atoms with Crippen molar-refractivity contribution in [1.82, 2.24) is 15.1 Å². The molecule has 2 aromatic rings. The Balaban J connectivity index is 1.51. The first-order chi connectivity index (χ1) is 11.8. The van der Waals surface area contributed by atoms with Gasteiger partial charge in [0.15, 0.2) is 0 Å². The molecule has 0 unspecified atom stereocenters. The number of hydrogen-bond donors (Lipinski definition) is 1. The zero-order chi connectivity index (χ0) is 16.2. The minimum absolute atomic E-state index is 0.255. The molecule has 2 fully saturated rings. The fourth-order valence-corrected chi connectivity index (χ4v) is 3.85.